The molecule has 0 saturated carbocycles. The quantitative estimate of drug-likeness (QED) is 0.834. The maximum absolute atomic E-state index is 5.32. The topological polar surface area (TPSA) is 43.0 Å². The molecule has 5 heteroatoms. The standard InChI is InChI=1S/C13H18BrN3O/c1-10-8-11(2)17(16-10)6-3-5-15-9-13-12(14)4-7-18-13/h4,7-8,15H,3,5-6,9H2,1-2H3. The average Bonchev–Trinajstić information content (AvgIpc) is 2.86. The summed E-state index contributed by atoms with van der Waals surface area (Å²) in [6.07, 6.45) is 2.75. The molecule has 98 valence electrons. The molecule has 4 nitrogen and oxygen atoms in total. The summed E-state index contributed by atoms with van der Waals surface area (Å²) in [6, 6.07) is 4.01. The summed E-state index contributed by atoms with van der Waals surface area (Å²) in [5, 5.41) is 7.80. The second-order valence-corrected chi connectivity index (χ2v) is 5.23. The van der Waals surface area contributed by atoms with E-state index in [0.29, 0.717) is 0 Å². The van der Waals surface area contributed by atoms with Crippen molar-refractivity contribution in [1.82, 2.24) is 15.1 Å². The first-order valence-corrected chi connectivity index (χ1v) is 6.90. The van der Waals surface area contributed by atoms with E-state index in [1.54, 1.807) is 6.26 Å². The summed E-state index contributed by atoms with van der Waals surface area (Å²) in [5.41, 5.74) is 2.31. The first kappa shape index (κ1) is 13.4. The van der Waals surface area contributed by atoms with Gasteiger partial charge in [-0.3, -0.25) is 4.68 Å². The van der Waals surface area contributed by atoms with Crippen LogP contribution < -0.4 is 5.32 Å². The van der Waals surface area contributed by atoms with Crippen molar-refractivity contribution in [3.05, 3.63) is 40.0 Å². The van der Waals surface area contributed by atoms with Crippen molar-refractivity contribution in [2.24, 2.45) is 0 Å². The van der Waals surface area contributed by atoms with E-state index < -0.39 is 0 Å². The van der Waals surface area contributed by atoms with Gasteiger partial charge < -0.3 is 9.73 Å². The van der Waals surface area contributed by atoms with Crippen molar-refractivity contribution in [2.45, 2.75) is 33.4 Å². The van der Waals surface area contributed by atoms with Crippen molar-refractivity contribution in [2.75, 3.05) is 6.54 Å². The third-order valence-electron chi connectivity index (χ3n) is 2.80. The zero-order valence-corrected chi connectivity index (χ0v) is 12.3. The molecule has 0 radical (unpaired) electrons. The molecule has 0 aliphatic heterocycles. The lowest BCUT2D eigenvalue weighted by Gasteiger charge is -2.05. The molecule has 0 fully saturated rings. The molecule has 2 aromatic heterocycles. The molecule has 2 aromatic rings. The van der Waals surface area contributed by atoms with E-state index in [2.05, 4.69) is 44.0 Å². The largest absolute Gasteiger partial charge is 0.467 e. The number of aryl methyl sites for hydroxylation is 3. The summed E-state index contributed by atoms with van der Waals surface area (Å²) in [7, 11) is 0. The monoisotopic (exact) mass is 311 g/mol. The maximum atomic E-state index is 5.32. The van der Waals surface area contributed by atoms with E-state index in [9.17, 15) is 0 Å². The lowest BCUT2D eigenvalue weighted by Crippen LogP contribution is -2.17. The molecule has 0 amide bonds. The predicted molar refractivity (Wildman–Crippen MR) is 74.4 cm³/mol. The highest BCUT2D eigenvalue weighted by atomic mass is 79.9. The summed E-state index contributed by atoms with van der Waals surface area (Å²) in [5.74, 6) is 0.945. The van der Waals surface area contributed by atoms with Crippen LogP contribution in [0.25, 0.3) is 0 Å². The summed E-state index contributed by atoms with van der Waals surface area (Å²) >= 11 is 3.44. The van der Waals surface area contributed by atoms with Crippen molar-refractivity contribution in [3.63, 3.8) is 0 Å². The maximum Gasteiger partial charge on any atom is 0.131 e. The van der Waals surface area contributed by atoms with Gasteiger partial charge in [-0.2, -0.15) is 5.10 Å². The van der Waals surface area contributed by atoms with Crippen LogP contribution in [0.1, 0.15) is 23.6 Å². The Labute approximate surface area is 115 Å². The zero-order valence-electron chi connectivity index (χ0n) is 10.7. The lowest BCUT2D eigenvalue weighted by molar-refractivity contribution is 0.468. The molecule has 0 atom stereocenters. The van der Waals surface area contributed by atoms with Crippen molar-refractivity contribution in [1.29, 1.82) is 0 Å². The van der Waals surface area contributed by atoms with Gasteiger partial charge in [0.1, 0.15) is 5.76 Å². The Morgan fingerprint density at radius 3 is 2.89 bits per heavy atom. The van der Waals surface area contributed by atoms with Crippen LogP contribution >= 0.6 is 15.9 Å². The average molecular weight is 312 g/mol. The van der Waals surface area contributed by atoms with E-state index in [1.165, 1.54) is 5.69 Å². The molecule has 0 aliphatic carbocycles. The van der Waals surface area contributed by atoms with Crippen molar-refractivity contribution >= 4 is 15.9 Å². The van der Waals surface area contributed by atoms with Gasteiger partial charge in [-0.25, -0.2) is 0 Å². The first-order chi connectivity index (χ1) is 8.66. The van der Waals surface area contributed by atoms with Crippen LogP contribution in [0, 0.1) is 13.8 Å². The second kappa shape index (κ2) is 6.20. The highest BCUT2D eigenvalue weighted by molar-refractivity contribution is 9.10. The SMILES string of the molecule is Cc1cc(C)n(CCCNCc2occc2Br)n1. The molecule has 0 aromatic carbocycles. The third-order valence-corrected chi connectivity index (χ3v) is 3.51. The summed E-state index contributed by atoms with van der Waals surface area (Å²) in [6.45, 7) is 6.77. The number of aromatic nitrogens is 2. The van der Waals surface area contributed by atoms with E-state index >= 15 is 0 Å². The normalized spacial score (nSPS) is 11.1. The lowest BCUT2D eigenvalue weighted by atomic mass is 10.3. The zero-order chi connectivity index (χ0) is 13.0. The van der Waals surface area contributed by atoms with E-state index in [4.69, 9.17) is 4.42 Å². The highest BCUT2D eigenvalue weighted by Crippen LogP contribution is 2.16. The highest BCUT2D eigenvalue weighted by Gasteiger charge is 2.03. The van der Waals surface area contributed by atoms with Crippen molar-refractivity contribution in [3.8, 4) is 0 Å². The molecular formula is C13H18BrN3O. The summed E-state index contributed by atoms with van der Waals surface area (Å²) < 4.78 is 8.40. The van der Waals surface area contributed by atoms with E-state index in [-0.39, 0.29) is 0 Å². The molecule has 2 rings (SSSR count). The van der Waals surface area contributed by atoms with Crippen LogP contribution in [-0.4, -0.2) is 16.3 Å². The number of hydrogen-bond donors (Lipinski definition) is 1. The first-order valence-electron chi connectivity index (χ1n) is 6.10. The van der Waals surface area contributed by atoms with Crippen LogP contribution in [0.3, 0.4) is 0 Å². The number of nitrogens with one attached hydrogen (secondary N) is 1. The van der Waals surface area contributed by atoms with Crippen molar-refractivity contribution < 1.29 is 4.42 Å². The van der Waals surface area contributed by atoms with Gasteiger partial charge in [-0.15, -0.1) is 0 Å². The molecule has 1 N–H and O–H groups in total. The number of hydrogen-bond acceptors (Lipinski definition) is 3. The minimum absolute atomic E-state index is 0.755. The number of furan rings is 1. The van der Waals surface area contributed by atoms with Gasteiger partial charge in [0.25, 0.3) is 0 Å². The molecule has 0 spiro atoms. The third kappa shape index (κ3) is 3.46. The number of halogens is 1. The Balaban J connectivity index is 1.67. The molecular weight excluding hydrogens is 294 g/mol. The van der Waals surface area contributed by atoms with Crippen LogP contribution in [0.15, 0.2) is 27.3 Å². The van der Waals surface area contributed by atoms with Gasteiger partial charge in [-0.05, 0) is 54.9 Å². The van der Waals surface area contributed by atoms with Gasteiger partial charge >= 0.3 is 0 Å². The van der Waals surface area contributed by atoms with Gasteiger partial charge in [0, 0.05) is 12.2 Å². The van der Waals surface area contributed by atoms with Crippen LogP contribution in [0.4, 0.5) is 0 Å². The smallest absolute Gasteiger partial charge is 0.131 e. The molecule has 18 heavy (non-hydrogen) atoms. The Bertz CT molecular complexity index is 504. The molecule has 0 unspecified atom stereocenters. The van der Waals surface area contributed by atoms with E-state index in [0.717, 1.165) is 42.0 Å². The number of rotatable bonds is 6. The Hall–Kier alpha value is -1.07. The van der Waals surface area contributed by atoms with Gasteiger partial charge in [0.2, 0.25) is 0 Å². The Kier molecular flexibility index (Phi) is 4.60. The van der Waals surface area contributed by atoms with E-state index in [1.807, 2.05) is 13.0 Å². The Morgan fingerprint density at radius 1 is 1.44 bits per heavy atom. The number of nitrogens with zero attached hydrogens (tertiary/aromatic N) is 2. The predicted octanol–water partition coefficient (Wildman–Crippen LogP) is 3.04. The van der Waals surface area contributed by atoms with Crippen LogP contribution in [-0.2, 0) is 13.1 Å². The van der Waals surface area contributed by atoms with Crippen LogP contribution in [0.5, 0.6) is 0 Å². The summed E-state index contributed by atoms with van der Waals surface area (Å²) in [4.78, 5) is 0. The van der Waals surface area contributed by atoms with Gasteiger partial charge in [0.05, 0.1) is 23.0 Å². The molecule has 2 heterocycles. The second-order valence-electron chi connectivity index (χ2n) is 4.37. The van der Waals surface area contributed by atoms with Gasteiger partial charge in [-0.1, -0.05) is 0 Å². The minimum atomic E-state index is 0.755. The minimum Gasteiger partial charge on any atom is -0.467 e. The molecule has 0 saturated heterocycles. The fourth-order valence-corrected chi connectivity index (χ4v) is 2.25. The van der Waals surface area contributed by atoms with Gasteiger partial charge in [0.15, 0.2) is 0 Å². The Morgan fingerprint density at radius 2 is 2.28 bits per heavy atom. The fraction of sp³-hybridized carbons (Fsp3) is 0.462. The fourth-order valence-electron chi connectivity index (χ4n) is 1.91. The molecule has 0 bridgehead atoms. The molecule has 0 aliphatic rings. The van der Waals surface area contributed by atoms with Crippen LogP contribution in [0.2, 0.25) is 0 Å².